The van der Waals surface area contributed by atoms with E-state index in [1.54, 1.807) is 4.31 Å². The lowest BCUT2D eigenvalue weighted by Gasteiger charge is -2.45. The Morgan fingerprint density at radius 3 is 2.31 bits per heavy atom. The second-order valence-corrected chi connectivity index (χ2v) is 20.4. The van der Waals surface area contributed by atoms with Crippen molar-refractivity contribution in [1.29, 1.82) is 0 Å². The van der Waals surface area contributed by atoms with E-state index in [9.17, 15) is 32.4 Å². The molecule has 2 aliphatic heterocycles. The van der Waals surface area contributed by atoms with Gasteiger partial charge in [0, 0.05) is 79.9 Å². The maximum absolute atomic E-state index is 13.5. The number of amides is 2. The number of likely N-dealkylation sites (N-methyl/N-ethyl adjacent to an activating group) is 1. The standard InChI is InChI=1S/C29H39N5O5S.C24H30N2O3.C2H6.2CH4O/c1-21(2)32-24-9-5-7-22(15-24)20-40(37,38)34-12-11-26(17-29(34,3)4)33-25-10-6-8-23(16-25)31-18-28(27(30)19-36)39-14-13-35;1-4-7-16(8-5-2)18-11-12-20(23-17(15-27)9-6-10-19(18)23)26(3)21-13-14-22(28)25-24(21)29;3*1-2/h5-9,13,15-16,18-19,25-26,32-33H,1,10-12,14,17,20,30H2,2-4H3;6,9-12,15-16,21H,4-5,7-8,13-14H2,1-3H3,(H,25,28,29);1-2H3;2*2H,1H3/b28-27+,31-18?;;;;. The van der Waals surface area contributed by atoms with Gasteiger partial charge in [-0.3, -0.25) is 34.3 Å². The van der Waals surface area contributed by atoms with Crippen LogP contribution in [0.15, 0.2) is 107 Å². The molecular formula is C57H83N7O10S. The molecule has 3 aliphatic rings. The first-order valence-corrected chi connectivity index (χ1v) is 27.2. The van der Waals surface area contributed by atoms with E-state index in [2.05, 4.69) is 53.5 Å². The number of piperidine rings is 2. The third-order valence-electron chi connectivity index (χ3n) is 12.6. The van der Waals surface area contributed by atoms with Gasteiger partial charge in [-0.1, -0.05) is 89.6 Å². The fourth-order valence-electron chi connectivity index (χ4n) is 9.55. The molecule has 7 N–H and O–H groups in total. The molecule has 0 radical (unpaired) electrons. The molecule has 0 bridgehead atoms. The van der Waals surface area contributed by atoms with Crippen LogP contribution < -0.4 is 26.6 Å². The predicted octanol–water partition coefficient (Wildman–Crippen LogP) is 7.98. The van der Waals surface area contributed by atoms with Crippen LogP contribution in [0.5, 0.6) is 0 Å². The van der Waals surface area contributed by atoms with Crippen LogP contribution >= 0.6 is 0 Å². The molecular weight excluding hydrogens is 975 g/mol. The minimum Gasteiger partial charge on any atom is -0.482 e. The number of ether oxygens (including phenoxy) is 1. The molecule has 1 aliphatic carbocycles. The van der Waals surface area contributed by atoms with E-state index in [-0.39, 0.29) is 47.7 Å². The molecule has 18 heteroatoms. The SMILES string of the molecule is C=C(C)Nc1cccc(CS(=O)(=O)N2CCC(NC3C=C(N=C/C(OCC=O)=C(\N)C=O)C=CC3)CC2(C)C)c1.CC.CCCC(CCC)c1ccc(N(C)C2CCC(=O)NC2=O)c2c(C=O)cccc12.CO.CO. The monoisotopic (exact) mass is 1060 g/mol. The van der Waals surface area contributed by atoms with Gasteiger partial charge < -0.3 is 36.2 Å². The number of fused-ring (bicyclic) bond motifs is 1. The summed E-state index contributed by atoms with van der Waals surface area (Å²) in [5.41, 5.74) is 10.6. The number of aliphatic hydroxyl groups is 2. The van der Waals surface area contributed by atoms with E-state index in [1.807, 2.05) is 107 Å². The number of hydrogen-bond donors (Lipinski definition) is 6. The summed E-state index contributed by atoms with van der Waals surface area (Å²) in [6.07, 6.45) is 16.3. The van der Waals surface area contributed by atoms with Gasteiger partial charge in [0.15, 0.2) is 24.6 Å². The average molecular weight is 1060 g/mol. The van der Waals surface area contributed by atoms with Gasteiger partial charge in [-0.05, 0) is 112 Å². The summed E-state index contributed by atoms with van der Waals surface area (Å²) >= 11 is 0. The van der Waals surface area contributed by atoms with Crippen LogP contribution in [0.1, 0.15) is 134 Å². The van der Waals surface area contributed by atoms with E-state index in [1.165, 1.54) is 11.8 Å². The topological polar surface area (TPSA) is 250 Å². The van der Waals surface area contributed by atoms with Gasteiger partial charge in [0.2, 0.25) is 21.8 Å². The van der Waals surface area contributed by atoms with E-state index < -0.39 is 21.6 Å². The summed E-state index contributed by atoms with van der Waals surface area (Å²) in [6.45, 7) is 18.2. The first-order chi connectivity index (χ1) is 35.9. The number of carbonyl (C=O) groups is 5. The molecule has 2 heterocycles. The summed E-state index contributed by atoms with van der Waals surface area (Å²) in [6, 6.07) is 17.1. The van der Waals surface area contributed by atoms with E-state index in [4.69, 9.17) is 20.7 Å². The number of nitrogens with two attached hydrogens (primary N) is 1. The molecule has 0 saturated carbocycles. The van der Waals surface area contributed by atoms with Crippen LogP contribution in [0.4, 0.5) is 11.4 Å². The number of anilines is 2. The average Bonchev–Trinajstić information content (AvgIpc) is 3.39. The highest BCUT2D eigenvalue weighted by atomic mass is 32.2. The number of allylic oxidation sites excluding steroid dienone is 4. The Kier molecular flexibility index (Phi) is 28.4. The van der Waals surface area contributed by atoms with Gasteiger partial charge in [-0.15, -0.1) is 0 Å². The van der Waals surface area contributed by atoms with Gasteiger partial charge in [-0.2, -0.15) is 4.31 Å². The van der Waals surface area contributed by atoms with Crippen LogP contribution in [0.2, 0.25) is 0 Å². The number of carbonyl (C=O) groups excluding carboxylic acids is 5. The van der Waals surface area contributed by atoms with Crippen molar-refractivity contribution in [2.24, 2.45) is 10.7 Å². The minimum atomic E-state index is -3.55. The van der Waals surface area contributed by atoms with Crippen molar-refractivity contribution in [2.75, 3.05) is 44.6 Å². The summed E-state index contributed by atoms with van der Waals surface area (Å²) < 4.78 is 33.8. The highest BCUT2D eigenvalue weighted by Gasteiger charge is 2.42. The lowest BCUT2D eigenvalue weighted by Crippen LogP contribution is -2.57. The Morgan fingerprint density at radius 2 is 1.71 bits per heavy atom. The van der Waals surface area contributed by atoms with Crippen LogP contribution in [0, 0.1) is 0 Å². The van der Waals surface area contributed by atoms with Crippen molar-refractivity contribution in [3.63, 3.8) is 0 Å². The van der Waals surface area contributed by atoms with Crippen molar-refractivity contribution in [1.82, 2.24) is 14.9 Å². The summed E-state index contributed by atoms with van der Waals surface area (Å²) in [5, 5.41) is 25.2. The number of nitrogens with one attached hydrogen (secondary N) is 3. The molecule has 3 unspecified atom stereocenters. The van der Waals surface area contributed by atoms with Crippen LogP contribution in [-0.4, -0.2) is 118 Å². The quantitative estimate of drug-likeness (QED) is 0.0195. The third kappa shape index (κ3) is 19.1. The number of benzene rings is 3. The Bertz CT molecular complexity index is 2600. The Morgan fingerprint density at radius 1 is 1.03 bits per heavy atom. The largest absolute Gasteiger partial charge is 0.482 e. The second kappa shape index (κ2) is 32.9. The first kappa shape index (κ1) is 64.8. The predicted molar refractivity (Wildman–Crippen MR) is 302 cm³/mol. The van der Waals surface area contributed by atoms with Crippen molar-refractivity contribution in [3.8, 4) is 0 Å². The van der Waals surface area contributed by atoms with Crippen LogP contribution in [0.25, 0.3) is 10.8 Å². The van der Waals surface area contributed by atoms with Crippen LogP contribution in [0.3, 0.4) is 0 Å². The van der Waals surface area contributed by atoms with E-state index in [0.29, 0.717) is 62.0 Å². The normalized spacial score (nSPS) is 18.4. The van der Waals surface area contributed by atoms with E-state index >= 15 is 0 Å². The lowest BCUT2D eigenvalue weighted by atomic mass is 9.85. The van der Waals surface area contributed by atoms with Gasteiger partial charge in [0.05, 0.1) is 17.7 Å². The Hall–Kier alpha value is -6.31. The number of aliphatic hydroxyl groups excluding tert-OH is 2. The molecule has 75 heavy (non-hydrogen) atoms. The molecule has 3 atom stereocenters. The molecule has 412 valence electrons. The lowest BCUT2D eigenvalue weighted by molar-refractivity contribution is -0.134. The third-order valence-corrected chi connectivity index (χ3v) is 14.7. The van der Waals surface area contributed by atoms with Gasteiger partial charge in [0.1, 0.15) is 18.3 Å². The van der Waals surface area contributed by atoms with E-state index in [0.717, 1.165) is 86.0 Å². The van der Waals surface area contributed by atoms with Gasteiger partial charge in [-0.25, -0.2) is 8.42 Å². The number of imide groups is 1. The molecule has 2 saturated heterocycles. The number of sulfonamides is 1. The zero-order chi connectivity index (χ0) is 56.3. The zero-order valence-electron chi connectivity index (χ0n) is 45.7. The van der Waals surface area contributed by atoms with Crippen LogP contribution in [-0.2, 0) is 39.7 Å². The fraction of sp³-hybridized carbons (Fsp3) is 0.474. The fourth-order valence-corrected chi connectivity index (χ4v) is 11.5. The summed E-state index contributed by atoms with van der Waals surface area (Å²) in [5.74, 6) is -0.0980. The molecule has 3 aromatic rings. The number of hydrogen-bond acceptors (Lipinski definition) is 15. The molecule has 3 aromatic carbocycles. The van der Waals surface area contributed by atoms with Gasteiger partial charge >= 0.3 is 0 Å². The number of rotatable bonds is 21. The smallest absolute Gasteiger partial charge is 0.249 e. The molecule has 17 nitrogen and oxygen atoms in total. The maximum atomic E-state index is 13.5. The number of aliphatic imine (C=N–C) groups is 1. The Labute approximate surface area is 445 Å². The van der Waals surface area contributed by atoms with Crippen molar-refractivity contribution in [3.05, 3.63) is 119 Å². The maximum Gasteiger partial charge on any atom is 0.249 e. The molecule has 0 aromatic heterocycles. The summed E-state index contributed by atoms with van der Waals surface area (Å²) in [4.78, 5) is 63.7. The van der Waals surface area contributed by atoms with Gasteiger partial charge in [0.25, 0.3) is 0 Å². The molecule has 2 amide bonds. The van der Waals surface area contributed by atoms with Crippen molar-refractivity contribution in [2.45, 2.75) is 142 Å². The minimum absolute atomic E-state index is 0.00333. The zero-order valence-corrected chi connectivity index (χ0v) is 46.5. The Balaban J connectivity index is 0.000000485. The number of nitrogens with zero attached hydrogens (tertiary/aromatic N) is 3. The summed E-state index contributed by atoms with van der Waals surface area (Å²) in [7, 11) is 0.321. The second-order valence-electron chi connectivity index (χ2n) is 18.5. The van der Waals surface area contributed by atoms with Crippen molar-refractivity contribution < 1.29 is 47.3 Å². The first-order valence-electron chi connectivity index (χ1n) is 25.6. The highest BCUT2D eigenvalue weighted by molar-refractivity contribution is 7.88. The molecule has 6 rings (SSSR count). The molecule has 2 fully saturated rings. The van der Waals surface area contributed by atoms with Crippen molar-refractivity contribution >= 4 is 69.1 Å². The highest BCUT2D eigenvalue weighted by Crippen LogP contribution is 2.39. The number of aldehydes is 3. The molecule has 0 spiro atoms.